The molecule has 0 unspecified atom stereocenters. The maximum atomic E-state index is 13.8. The van der Waals surface area contributed by atoms with E-state index in [0.29, 0.717) is 6.54 Å². The molecule has 2 N–H and O–H groups in total. The van der Waals surface area contributed by atoms with E-state index in [2.05, 4.69) is 20.3 Å². The fourth-order valence-electron chi connectivity index (χ4n) is 1.59. The van der Waals surface area contributed by atoms with Gasteiger partial charge in [0.2, 0.25) is 0 Å². The van der Waals surface area contributed by atoms with Crippen LogP contribution in [0.15, 0.2) is 29.0 Å². The Labute approximate surface area is 114 Å². The highest BCUT2D eigenvalue weighted by atomic mass is 19.1. The molecule has 2 rings (SSSR count). The number of halogens is 2. The first kappa shape index (κ1) is 14.0. The van der Waals surface area contributed by atoms with Gasteiger partial charge < -0.3 is 15.2 Å². The lowest BCUT2D eigenvalue weighted by atomic mass is 10.1. The van der Waals surface area contributed by atoms with E-state index < -0.39 is 17.5 Å². The summed E-state index contributed by atoms with van der Waals surface area (Å²) in [5.74, 6) is -2.13. The number of hydrogen-bond donors (Lipinski definition) is 2. The summed E-state index contributed by atoms with van der Waals surface area (Å²) in [7, 11) is 0. The Hall–Kier alpha value is -2.44. The minimum atomic E-state index is -0.816. The van der Waals surface area contributed by atoms with Gasteiger partial charge in [0, 0.05) is 18.2 Å². The number of aromatic nitrogens is 1. The Bertz CT molecular complexity index is 577. The fourth-order valence-corrected chi connectivity index (χ4v) is 1.59. The number of benzene rings is 1. The number of amides is 1. The van der Waals surface area contributed by atoms with E-state index >= 15 is 0 Å². The van der Waals surface area contributed by atoms with Gasteiger partial charge >= 0.3 is 0 Å². The van der Waals surface area contributed by atoms with E-state index in [0.717, 1.165) is 18.6 Å². The van der Waals surface area contributed by atoms with Crippen molar-refractivity contribution in [3.63, 3.8) is 0 Å². The molecule has 0 aliphatic rings. The van der Waals surface area contributed by atoms with Crippen LogP contribution in [0.25, 0.3) is 0 Å². The average molecular weight is 281 g/mol. The molecule has 0 saturated heterocycles. The summed E-state index contributed by atoms with van der Waals surface area (Å²) < 4.78 is 32.1. The second kappa shape index (κ2) is 6.14. The van der Waals surface area contributed by atoms with Crippen molar-refractivity contribution in [2.45, 2.75) is 13.3 Å². The predicted molar refractivity (Wildman–Crippen MR) is 69.6 cm³/mol. The standard InChI is InChI=1S/C13H13F2N3O2/c1-2-4-16-12-9(14)6-8(7-10(12)15)13(19)17-11-3-5-20-18-11/h3,5-7,16H,2,4H2,1H3,(H,17,18,19). The van der Waals surface area contributed by atoms with Gasteiger partial charge in [0.1, 0.15) is 23.6 Å². The van der Waals surface area contributed by atoms with Crippen LogP contribution >= 0.6 is 0 Å². The van der Waals surface area contributed by atoms with Crippen molar-refractivity contribution in [3.05, 3.63) is 41.7 Å². The molecule has 2 aromatic rings. The molecule has 0 saturated carbocycles. The molecule has 20 heavy (non-hydrogen) atoms. The molecule has 0 fully saturated rings. The molecule has 7 heteroatoms. The topological polar surface area (TPSA) is 67.2 Å². The van der Waals surface area contributed by atoms with Crippen molar-refractivity contribution in [3.8, 4) is 0 Å². The Balaban J connectivity index is 2.18. The number of rotatable bonds is 5. The van der Waals surface area contributed by atoms with Crippen LogP contribution in [-0.2, 0) is 0 Å². The lowest BCUT2D eigenvalue weighted by molar-refractivity contribution is 0.102. The highest BCUT2D eigenvalue weighted by molar-refractivity contribution is 6.03. The SMILES string of the molecule is CCCNc1c(F)cc(C(=O)Nc2ccon2)cc1F. The Kier molecular flexibility index (Phi) is 4.29. The highest BCUT2D eigenvalue weighted by Gasteiger charge is 2.15. The van der Waals surface area contributed by atoms with Gasteiger partial charge in [-0.25, -0.2) is 8.78 Å². The quantitative estimate of drug-likeness (QED) is 0.884. The van der Waals surface area contributed by atoms with Crippen LogP contribution in [0.2, 0.25) is 0 Å². The summed E-state index contributed by atoms with van der Waals surface area (Å²) in [6, 6.07) is 3.36. The summed E-state index contributed by atoms with van der Waals surface area (Å²) in [5.41, 5.74) is -0.366. The van der Waals surface area contributed by atoms with Crippen LogP contribution in [0.4, 0.5) is 20.3 Å². The second-order valence-corrected chi connectivity index (χ2v) is 4.08. The molecule has 0 bridgehead atoms. The van der Waals surface area contributed by atoms with Crippen LogP contribution in [-0.4, -0.2) is 17.6 Å². The Morgan fingerprint density at radius 3 is 2.60 bits per heavy atom. The average Bonchev–Trinajstić information content (AvgIpc) is 2.90. The summed E-state index contributed by atoms with van der Waals surface area (Å²) in [6.45, 7) is 2.32. The first-order valence-corrected chi connectivity index (χ1v) is 6.06. The largest absolute Gasteiger partial charge is 0.380 e. The van der Waals surface area contributed by atoms with Gasteiger partial charge in [-0.1, -0.05) is 12.1 Å². The van der Waals surface area contributed by atoms with E-state index in [4.69, 9.17) is 0 Å². The molecule has 1 amide bonds. The first-order chi connectivity index (χ1) is 9.61. The zero-order chi connectivity index (χ0) is 14.5. The second-order valence-electron chi connectivity index (χ2n) is 4.08. The molecule has 5 nitrogen and oxygen atoms in total. The lowest BCUT2D eigenvalue weighted by Crippen LogP contribution is -2.14. The summed E-state index contributed by atoms with van der Waals surface area (Å²) >= 11 is 0. The molecular weight excluding hydrogens is 268 g/mol. The van der Waals surface area contributed by atoms with Crippen LogP contribution in [0.3, 0.4) is 0 Å². The Morgan fingerprint density at radius 2 is 2.05 bits per heavy atom. The summed E-state index contributed by atoms with van der Waals surface area (Å²) in [4.78, 5) is 11.8. The third-order valence-corrected chi connectivity index (χ3v) is 2.54. The smallest absolute Gasteiger partial charge is 0.257 e. The van der Waals surface area contributed by atoms with E-state index in [1.807, 2.05) is 6.92 Å². The Morgan fingerprint density at radius 1 is 1.35 bits per heavy atom. The number of nitrogens with zero attached hydrogens (tertiary/aromatic N) is 1. The van der Waals surface area contributed by atoms with Gasteiger partial charge in [-0.15, -0.1) is 0 Å². The van der Waals surface area contributed by atoms with E-state index in [1.54, 1.807) is 0 Å². The van der Waals surface area contributed by atoms with Gasteiger partial charge in [-0.3, -0.25) is 4.79 Å². The van der Waals surface area contributed by atoms with Crippen LogP contribution in [0, 0.1) is 11.6 Å². The first-order valence-electron chi connectivity index (χ1n) is 6.06. The molecule has 106 valence electrons. The van der Waals surface area contributed by atoms with Crippen LogP contribution < -0.4 is 10.6 Å². The van der Waals surface area contributed by atoms with E-state index in [9.17, 15) is 13.6 Å². The molecule has 0 radical (unpaired) electrons. The van der Waals surface area contributed by atoms with Crippen LogP contribution in [0.1, 0.15) is 23.7 Å². The molecule has 0 aliphatic heterocycles. The number of nitrogens with one attached hydrogen (secondary N) is 2. The zero-order valence-corrected chi connectivity index (χ0v) is 10.7. The number of hydrogen-bond acceptors (Lipinski definition) is 4. The third-order valence-electron chi connectivity index (χ3n) is 2.54. The summed E-state index contributed by atoms with van der Waals surface area (Å²) in [6.07, 6.45) is 2.00. The summed E-state index contributed by atoms with van der Waals surface area (Å²) in [5, 5.41) is 8.47. The van der Waals surface area contributed by atoms with E-state index in [1.165, 1.54) is 12.3 Å². The normalized spacial score (nSPS) is 10.3. The van der Waals surface area contributed by atoms with Gasteiger partial charge in [0.15, 0.2) is 5.82 Å². The molecule has 0 spiro atoms. The maximum Gasteiger partial charge on any atom is 0.257 e. The van der Waals surface area contributed by atoms with Crippen molar-refractivity contribution in [2.75, 3.05) is 17.2 Å². The fraction of sp³-hybridized carbons (Fsp3) is 0.231. The highest BCUT2D eigenvalue weighted by Crippen LogP contribution is 2.21. The molecule has 0 aliphatic carbocycles. The molecular formula is C13H13F2N3O2. The van der Waals surface area contributed by atoms with Crippen molar-refractivity contribution in [1.82, 2.24) is 5.16 Å². The zero-order valence-electron chi connectivity index (χ0n) is 10.7. The predicted octanol–water partition coefficient (Wildman–Crippen LogP) is 3.03. The number of carbonyl (C=O) groups excluding carboxylic acids is 1. The molecule has 1 heterocycles. The van der Waals surface area contributed by atoms with Gasteiger partial charge in [-0.05, 0) is 18.6 Å². The van der Waals surface area contributed by atoms with Gasteiger partial charge in [0.25, 0.3) is 5.91 Å². The van der Waals surface area contributed by atoms with Crippen molar-refractivity contribution < 1.29 is 18.1 Å². The van der Waals surface area contributed by atoms with Crippen molar-refractivity contribution in [2.24, 2.45) is 0 Å². The minimum absolute atomic E-state index is 0.134. The number of anilines is 2. The monoisotopic (exact) mass is 281 g/mol. The third kappa shape index (κ3) is 3.11. The van der Waals surface area contributed by atoms with Crippen molar-refractivity contribution in [1.29, 1.82) is 0 Å². The molecule has 0 atom stereocenters. The minimum Gasteiger partial charge on any atom is -0.380 e. The lowest BCUT2D eigenvalue weighted by Gasteiger charge is -2.09. The molecule has 1 aromatic heterocycles. The van der Waals surface area contributed by atoms with Crippen molar-refractivity contribution >= 4 is 17.4 Å². The van der Waals surface area contributed by atoms with Gasteiger partial charge in [-0.2, -0.15) is 0 Å². The van der Waals surface area contributed by atoms with Crippen LogP contribution in [0.5, 0.6) is 0 Å². The molecule has 1 aromatic carbocycles. The van der Waals surface area contributed by atoms with E-state index in [-0.39, 0.29) is 17.1 Å². The van der Waals surface area contributed by atoms with Gasteiger partial charge in [0.05, 0.1) is 0 Å². The number of carbonyl (C=O) groups is 1. The maximum absolute atomic E-state index is 13.8.